The van der Waals surface area contributed by atoms with Crippen molar-refractivity contribution in [3.63, 3.8) is 0 Å². The lowest BCUT2D eigenvalue weighted by Crippen LogP contribution is -2.52. The molecule has 0 bridgehead atoms. The number of hydrogen-bond acceptors (Lipinski definition) is 5. The van der Waals surface area contributed by atoms with Gasteiger partial charge in [0.1, 0.15) is 11.9 Å². The topological polar surface area (TPSA) is 105 Å². The smallest absolute Gasteiger partial charge is 0.255 e. The molecular formula is C20H19FN4O3. The number of rotatable bonds is 4. The summed E-state index contributed by atoms with van der Waals surface area (Å²) in [5.74, 6) is -1.38. The first-order chi connectivity index (χ1) is 13.4. The third-order valence-corrected chi connectivity index (χ3v) is 5.12. The van der Waals surface area contributed by atoms with Crippen LogP contribution in [-0.4, -0.2) is 28.7 Å². The summed E-state index contributed by atoms with van der Waals surface area (Å²) in [4.78, 5) is 37.8. The summed E-state index contributed by atoms with van der Waals surface area (Å²) in [5, 5.41) is 5.45. The van der Waals surface area contributed by atoms with Gasteiger partial charge in [0.2, 0.25) is 11.8 Å². The highest BCUT2D eigenvalue weighted by Crippen LogP contribution is 2.32. The molecule has 8 heteroatoms. The molecule has 2 aromatic rings. The maximum Gasteiger partial charge on any atom is 0.255 e. The zero-order valence-electron chi connectivity index (χ0n) is 15.0. The van der Waals surface area contributed by atoms with Crippen LogP contribution in [0, 0.1) is 5.82 Å². The molecule has 7 nitrogen and oxygen atoms in total. The van der Waals surface area contributed by atoms with E-state index >= 15 is 0 Å². The van der Waals surface area contributed by atoms with Crippen molar-refractivity contribution < 1.29 is 18.8 Å². The van der Waals surface area contributed by atoms with Gasteiger partial charge in [-0.2, -0.15) is 0 Å². The minimum Gasteiger partial charge on any atom is -0.399 e. The number of piperidine rings is 1. The second kappa shape index (κ2) is 6.95. The van der Waals surface area contributed by atoms with Gasteiger partial charge >= 0.3 is 0 Å². The summed E-state index contributed by atoms with van der Waals surface area (Å²) < 4.78 is 14.0. The van der Waals surface area contributed by atoms with E-state index in [2.05, 4.69) is 10.6 Å². The Hall–Kier alpha value is -3.42. The Bertz CT molecular complexity index is 991. The Balaban J connectivity index is 1.55. The summed E-state index contributed by atoms with van der Waals surface area (Å²) in [6.07, 6.45) is 0.512. The van der Waals surface area contributed by atoms with Gasteiger partial charge in [0, 0.05) is 47.6 Å². The van der Waals surface area contributed by atoms with E-state index in [1.807, 2.05) is 6.07 Å². The minimum atomic E-state index is -0.670. The Morgan fingerprint density at radius 1 is 1.21 bits per heavy atom. The maximum atomic E-state index is 14.0. The van der Waals surface area contributed by atoms with E-state index in [0.29, 0.717) is 28.9 Å². The van der Waals surface area contributed by atoms with Crippen LogP contribution in [0.3, 0.4) is 0 Å². The molecular weight excluding hydrogens is 363 g/mol. The van der Waals surface area contributed by atoms with E-state index in [0.717, 1.165) is 5.56 Å². The minimum absolute atomic E-state index is 0.205. The molecule has 0 aliphatic carbocycles. The quantitative estimate of drug-likeness (QED) is 0.552. The number of nitrogen functional groups attached to an aromatic ring is 1. The van der Waals surface area contributed by atoms with Crippen molar-refractivity contribution in [3.05, 3.63) is 58.9 Å². The number of nitrogens with zero attached hydrogens (tertiary/aromatic N) is 1. The first-order valence-corrected chi connectivity index (χ1v) is 8.98. The van der Waals surface area contributed by atoms with Gasteiger partial charge in [-0.05, 0) is 36.8 Å². The van der Waals surface area contributed by atoms with Crippen molar-refractivity contribution >= 4 is 29.1 Å². The number of amides is 3. The van der Waals surface area contributed by atoms with Crippen molar-refractivity contribution in [2.24, 2.45) is 0 Å². The number of anilines is 2. The van der Waals surface area contributed by atoms with Gasteiger partial charge in [-0.3, -0.25) is 19.7 Å². The molecule has 4 rings (SSSR count). The average Bonchev–Trinajstić information content (AvgIpc) is 3.00. The molecule has 2 aliphatic rings. The van der Waals surface area contributed by atoms with Crippen LogP contribution >= 0.6 is 0 Å². The fourth-order valence-corrected chi connectivity index (χ4v) is 3.67. The van der Waals surface area contributed by atoms with Crippen LogP contribution in [0.15, 0.2) is 36.4 Å². The molecule has 3 amide bonds. The van der Waals surface area contributed by atoms with Crippen molar-refractivity contribution in [2.75, 3.05) is 11.1 Å². The summed E-state index contributed by atoms with van der Waals surface area (Å²) in [6.45, 7) is 0.461. The molecule has 1 saturated heterocycles. The van der Waals surface area contributed by atoms with Crippen LogP contribution in [0.25, 0.3) is 0 Å². The van der Waals surface area contributed by atoms with Crippen LogP contribution in [-0.2, 0) is 22.7 Å². The highest BCUT2D eigenvalue weighted by molar-refractivity contribution is 6.06. The van der Waals surface area contributed by atoms with Gasteiger partial charge in [0.05, 0.1) is 0 Å². The molecule has 4 N–H and O–H groups in total. The lowest BCUT2D eigenvalue weighted by atomic mass is 10.0. The molecule has 2 heterocycles. The van der Waals surface area contributed by atoms with Crippen LogP contribution in [0.5, 0.6) is 0 Å². The van der Waals surface area contributed by atoms with Crippen LogP contribution < -0.4 is 16.4 Å². The zero-order valence-corrected chi connectivity index (χ0v) is 15.0. The van der Waals surface area contributed by atoms with Crippen molar-refractivity contribution in [3.8, 4) is 0 Å². The molecule has 0 unspecified atom stereocenters. The number of carbonyl (C=O) groups is 3. The van der Waals surface area contributed by atoms with Crippen molar-refractivity contribution in [1.29, 1.82) is 0 Å². The van der Waals surface area contributed by atoms with E-state index in [1.165, 1.54) is 17.0 Å². The second-order valence-electron chi connectivity index (χ2n) is 6.94. The number of nitrogens with two attached hydrogens (primary N) is 1. The van der Waals surface area contributed by atoms with E-state index in [1.54, 1.807) is 18.2 Å². The molecule has 0 aromatic heterocycles. The number of carbonyl (C=O) groups excluding carboxylic acids is 3. The maximum absolute atomic E-state index is 14.0. The molecule has 144 valence electrons. The highest BCUT2D eigenvalue weighted by Gasteiger charge is 2.39. The standard InChI is InChI=1S/C20H19FN4O3/c21-15-5-4-12(22)8-11(15)9-23-16-3-1-2-13-14(16)10-25(20(13)28)17-6-7-18(26)24-19(17)27/h1-5,8,17,23H,6-7,9-10,22H2,(H,24,26,27)/t17-/m1/s1. The van der Waals surface area contributed by atoms with Crippen LogP contribution in [0.4, 0.5) is 15.8 Å². The first-order valence-electron chi connectivity index (χ1n) is 8.98. The third-order valence-electron chi connectivity index (χ3n) is 5.12. The fourth-order valence-electron chi connectivity index (χ4n) is 3.67. The Labute approximate surface area is 160 Å². The molecule has 28 heavy (non-hydrogen) atoms. The van der Waals surface area contributed by atoms with Gasteiger partial charge in [-0.15, -0.1) is 0 Å². The number of imide groups is 1. The van der Waals surface area contributed by atoms with Crippen LogP contribution in [0.2, 0.25) is 0 Å². The van der Waals surface area contributed by atoms with E-state index in [-0.39, 0.29) is 37.1 Å². The Kier molecular flexibility index (Phi) is 4.46. The normalized spacial score (nSPS) is 18.8. The molecule has 0 saturated carbocycles. The summed E-state index contributed by atoms with van der Waals surface area (Å²) >= 11 is 0. The summed E-state index contributed by atoms with van der Waals surface area (Å²) in [6, 6.07) is 8.96. The lowest BCUT2D eigenvalue weighted by molar-refractivity contribution is -0.136. The number of halogens is 1. The van der Waals surface area contributed by atoms with E-state index in [4.69, 9.17) is 5.73 Å². The highest BCUT2D eigenvalue weighted by atomic mass is 19.1. The molecule has 1 atom stereocenters. The Morgan fingerprint density at radius 2 is 2.04 bits per heavy atom. The SMILES string of the molecule is Nc1ccc(F)c(CNc2cccc3c2CN([C@@H]2CCC(=O)NC2=O)C3=O)c1. The predicted molar refractivity (Wildman–Crippen MR) is 101 cm³/mol. The first kappa shape index (κ1) is 18.0. The fraction of sp³-hybridized carbons (Fsp3) is 0.250. The monoisotopic (exact) mass is 382 g/mol. The number of fused-ring (bicyclic) bond motifs is 1. The van der Waals surface area contributed by atoms with Crippen LogP contribution in [0.1, 0.15) is 34.3 Å². The van der Waals surface area contributed by atoms with Gasteiger partial charge in [-0.25, -0.2) is 4.39 Å². The van der Waals surface area contributed by atoms with Crippen molar-refractivity contribution in [2.45, 2.75) is 32.0 Å². The third kappa shape index (κ3) is 3.17. The van der Waals surface area contributed by atoms with E-state index < -0.39 is 11.9 Å². The van der Waals surface area contributed by atoms with Gasteiger partial charge in [0.25, 0.3) is 5.91 Å². The molecule has 1 fully saturated rings. The zero-order chi connectivity index (χ0) is 19.8. The number of nitrogens with one attached hydrogen (secondary N) is 2. The number of benzene rings is 2. The molecule has 0 radical (unpaired) electrons. The molecule has 2 aromatic carbocycles. The van der Waals surface area contributed by atoms with Crippen molar-refractivity contribution in [1.82, 2.24) is 10.2 Å². The molecule has 2 aliphatic heterocycles. The average molecular weight is 382 g/mol. The lowest BCUT2D eigenvalue weighted by Gasteiger charge is -2.29. The van der Waals surface area contributed by atoms with Gasteiger partial charge in [-0.1, -0.05) is 6.07 Å². The van der Waals surface area contributed by atoms with E-state index in [9.17, 15) is 18.8 Å². The van der Waals surface area contributed by atoms with Gasteiger partial charge < -0.3 is 16.0 Å². The second-order valence-corrected chi connectivity index (χ2v) is 6.94. The largest absolute Gasteiger partial charge is 0.399 e. The summed E-state index contributed by atoms with van der Waals surface area (Å²) in [7, 11) is 0. The van der Waals surface area contributed by atoms with Gasteiger partial charge in [0.15, 0.2) is 0 Å². The Morgan fingerprint density at radius 3 is 2.82 bits per heavy atom. The predicted octanol–water partition coefficient (Wildman–Crippen LogP) is 1.78. The number of hydrogen-bond donors (Lipinski definition) is 3. The molecule has 0 spiro atoms. The summed E-state index contributed by atoms with van der Waals surface area (Å²) in [5.41, 5.74) is 8.56.